The number of aromatic amines is 1. The molecule has 4 aromatic rings. The molecule has 0 amide bonds. The monoisotopic (exact) mass is 313 g/mol. The lowest BCUT2D eigenvalue weighted by Gasteiger charge is -2.14. The van der Waals surface area contributed by atoms with Crippen LogP contribution in [0.1, 0.15) is 0 Å². The molecule has 110 valence electrons. The van der Waals surface area contributed by atoms with Crippen molar-refractivity contribution in [2.24, 2.45) is 0 Å². The molecule has 2 heteroatoms. The first-order chi connectivity index (χ1) is 11.3. The lowest BCUT2D eigenvalue weighted by Crippen LogP contribution is -1.93. The molecule has 0 bridgehead atoms. The summed E-state index contributed by atoms with van der Waals surface area (Å²) in [5.41, 5.74) is 4.60. The molecule has 1 N–H and O–H groups in total. The molecular formula is C21H15NS. The molecule has 0 saturated carbocycles. The van der Waals surface area contributed by atoms with Gasteiger partial charge in [-0.05, 0) is 16.5 Å². The molecule has 0 unspecified atom stereocenters. The Morgan fingerprint density at radius 2 is 1.09 bits per heavy atom. The van der Waals surface area contributed by atoms with Crippen molar-refractivity contribution in [3.05, 3.63) is 89.6 Å². The van der Waals surface area contributed by atoms with Crippen LogP contribution >= 0.6 is 12.2 Å². The standard InChI is InChI=1S/C21H15NS/c23-21-18-14-8-7-13-17(18)19(15-9-3-1-4-10-15)20(22-21)16-11-5-2-6-12-16/h1-14H,(H,22,23). The second kappa shape index (κ2) is 5.82. The van der Waals surface area contributed by atoms with Crippen molar-refractivity contribution in [3.8, 4) is 22.4 Å². The summed E-state index contributed by atoms with van der Waals surface area (Å²) in [6.07, 6.45) is 0. The molecule has 1 heterocycles. The van der Waals surface area contributed by atoms with Gasteiger partial charge in [-0.1, -0.05) is 97.1 Å². The first kappa shape index (κ1) is 13.9. The van der Waals surface area contributed by atoms with Crippen molar-refractivity contribution < 1.29 is 0 Å². The first-order valence-corrected chi connectivity index (χ1v) is 8.01. The molecular weight excluding hydrogens is 298 g/mol. The maximum Gasteiger partial charge on any atom is 0.111 e. The molecule has 0 saturated heterocycles. The van der Waals surface area contributed by atoms with Crippen LogP contribution in [0.5, 0.6) is 0 Å². The summed E-state index contributed by atoms with van der Waals surface area (Å²) in [6.45, 7) is 0. The molecule has 0 aliphatic heterocycles. The van der Waals surface area contributed by atoms with E-state index in [-0.39, 0.29) is 0 Å². The van der Waals surface area contributed by atoms with Crippen molar-refractivity contribution in [1.82, 2.24) is 4.98 Å². The molecule has 0 fully saturated rings. The fraction of sp³-hybridized carbons (Fsp3) is 0. The van der Waals surface area contributed by atoms with Crippen molar-refractivity contribution in [2.75, 3.05) is 0 Å². The van der Waals surface area contributed by atoms with E-state index in [9.17, 15) is 0 Å². The molecule has 0 aliphatic rings. The Labute approximate surface area is 140 Å². The number of benzene rings is 3. The number of rotatable bonds is 2. The molecule has 0 spiro atoms. The van der Waals surface area contributed by atoms with Gasteiger partial charge in [-0.15, -0.1) is 0 Å². The molecule has 0 radical (unpaired) electrons. The Bertz CT molecular complexity index is 1020. The summed E-state index contributed by atoms with van der Waals surface area (Å²) in [5, 5.41) is 2.27. The van der Waals surface area contributed by atoms with Gasteiger partial charge in [-0.25, -0.2) is 0 Å². The van der Waals surface area contributed by atoms with Gasteiger partial charge in [0.1, 0.15) is 4.64 Å². The van der Waals surface area contributed by atoms with E-state index in [4.69, 9.17) is 12.2 Å². The lowest BCUT2D eigenvalue weighted by molar-refractivity contribution is 1.33. The van der Waals surface area contributed by atoms with Crippen LogP contribution in [-0.2, 0) is 0 Å². The zero-order valence-electron chi connectivity index (χ0n) is 12.5. The van der Waals surface area contributed by atoms with Crippen molar-refractivity contribution in [3.63, 3.8) is 0 Å². The van der Waals surface area contributed by atoms with Gasteiger partial charge in [0.15, 0.2) is 0 Å². The van der Waals surface area contributed by atoms with Gasteiger partial charge in [0.25, 0.3) is 0 Å². The van der Waals surface area contributed by atoms with E-state index in [1.165, 1.54) is 16.5 Å². The molecule has 0 aliphatic carbocycles. The maximum atomic E-state index is 5.60. The van der Waals surface area contributed by atoms with E-state index in [2.05, 4.69) is 71.7 Å². The number of H-pyrrole nitrogens is 1. The van der Waals surface area contributed by atoms with Crippen LogP contribution < -0.4 is 0 Å². The van der Waals surface area contributed by atoms with E-state index in [0.717, 1.165) is 21.3 Å². The number of hydrogen-bond acceptors (Lipinski definition) is 1. The third kappa shape index (κ3) is 2.47. The van der Waals surface area contributed by atoms with Crippen molar-refractivity contribution >= 4 is 23.0 Å². The second-order valence-electron chi connectivity index (χ2n) is 5.48. The summed E-state index contributed by atoms with van der Waals surface area (Å²) in [6, 6.07) is 29.2. The molecule has 3 aromatic carbocycles. The van der Waals surface area contributed by atoms with Gasteiger partial charge in [0.2, 0.25) is 0 Å². The fourth-order valence-electron chi connectivity index (χ4n) is 3.00. The average molecular weight is 313 g/mol. The van der Waals surface area contributed by atoms with Crippen LogP contribution in [0.25, 0.3) is 33.2 Å². The highest BCUT2D eigenvalue weighted by atomic mass is 32.1. The van der Waals surface area contributed by atoms with Gasteiger partial charge < -0.3 is 4.98 Å². The number of fused-ring (bicyclic) bond motifs is 1. The lowest BCUT2D eigenvalue weighted by atomic mass is 9.94. The second-order valence-corrected chi connectivity index (χ2v) is 5.89. The summed E-state index contributed by atoms with van der Waals surface area (Å²) >= 11 is 5.60. The maximum absolute atomic E-state index is 5.60. The van der Waals surface area contributed by atoms with Crippen LogP contribution in [0, 0.1) is 4.64 Å². The van der Waals surface area contributed by atoms with Crippen LogP contribution in [0.15, 0.2) is 84.9 Å². The Hall–Kier alpha value is -2.71. The average Bonchev–Trinajstić information content (AvgIpc) is 2.63. The van der Waals surface area contributed by atoms with E-state index in [1.807, 2.05) is 18.2 Å². The van der Waals surface area contributed by atoms with Crippen molar-refractivity contribution in [1.29, 1.82) is 0 Å². The van der Waals surface area contributed by atoms with E-state index in [1.54, 1.807) is 0 Å². The van der Waals surface area contributed by atoms with E-state index >= 15 is 0 Å². The Kier molecular flexibility index (Phi) is 3.52. The van der Waals surface area contributed by atoms with Gasteiger partial charge in [-0.3, -0.25) is 0 Å². The topological polar surface area (TPSA) is 15.8 Å². The molecule has 1 aromatic heterocycles. The Balaban J connectivity index is 2.16. The Morgan fingerprint density at radius 3 is 1.74 bits per heavy atom. The predicted octanol–water partition coefficient (Wildman–Crippen LogP) is 6.23. The van der Waals surface area contributed by atoms with Gasteiger partial charge >= 0.3 is 0 Å². The minimum absolute atomic E-state index is 0.777. The minimum atomic E-state index is 0.777. The number of pyridine rings is 1. The fourth-order valence-corrected chi connectivity index (χ4v) is 3.28. The van der Waals surface area contributed by atoms with E-state index in [0.29, 0.717) is 0 Å². The summed E-state index contributed by atoms with van der Waals surface area (Å²) in [7, 11) is 0. The summed E-state index contributed by atoms with van der Waals surface area (Å²) < 4.78 is 0.777. The Morgan fingerprint density at radius 1 is 0.565 bits per heavy atom. The predicted molar refractivity (Wildman–Crippen MR) is 100 cm³/mol. The van der Waals surface area contributed by atoms with Crippen LogP contribution in [0.3, 0.4) is 0 Å². The highest BCUT2D eigenvalue weighted by Gasteiger charge is 2.13. The highest BCUT2D eigenvalue weighted by molar-refractivity contribution is 7.71. The summed E-state index contributed by atoms with van der Waals surface area (Å²) in [4.78, 5) is 3.45. The SMILES string of the molecule is S=c1[nH]c(-c2ccccc2)c(-c2ccccc2)c2ccccc12. The minimum Gasteiger partial charge on any atom is -0.345 e. The molecule has 0 atom stereocenters. The zero-order valence-corrected chi connectivity index (χ0v) is 13.3. The van der Waals surface area contributed by atoms with Crippen LogP contribution in [-0.4, -0.2) is 4.98 Å². The summed E-state index contributed by atoms with van der Waals surface area (Å²) in [5.74, 6) is 0. The first-order valence-electron chi connectivity index (χ1n) is 7.60. The largest absolute Gasteiger partial charge is 0.345 e. The molecule has 4 rings (SSSR count). The van der Waals surface area contributed by atoms with Gasteiger partial charge in [0.05, 0.1) is 5.69 Å². The van der Waals surface area contributed by atoms with Crippen LogP contribution in [0.4, 0.5) is 0 Å². The van der Waals surface area contributed by atoms with Crippen molar-refractivity contribution in [2.45, 2.75) is 0 Å². The number of aromatic nitrogens is 1. The number of nitrogens with one attached hydrogen (secondary N) is 1. The molecule has 23 heavy (non-hydrogen) atoms. The quantitative estimate of drug-likeness (QED) is 0.434. The number of hydrogen-bond donors (Lipinski definition) is 1. The van der Waals surface area contributed by atoms with E-state index < -0.39 is 0 Å². The normalized spacial score (nSPS) is 10.8. The highest BCUT2D eigenvalue weighted by Crippen LogP contribution is 2.36. The van der Waals surface area contributed by atoms with Gasteiger partial charge in [0, 0.05) is 10.9 Å². The van der Waals surface area contributed by atoms with Crippen LogP contribution in [0.2, 0.25) is 0 Å². The third-order valence-electron chi connectivity index (χ3n) is 4.05. The third-order valence-corrected chi connectivity index (χ3v) is 4.38. The zero-order chi connectivity index (χ0) is 15.6. The molecule has 1 nitrogen and oxygen atoms in total. The smallest absolute Gasteiger partial charge is 0.111 e. The van der Waals surface area contributed by atoms with Gasteiger partial charge in [-0.2, -0.15) is 0 Å².